The fraction of sp³-hybridized carbons (Fsp3) is 0.400. The van der Waals surface area contributed by atoms with Gasteiger partial charge >= 0.3 is 5.97 Å². The van der Waals surface area contributed by atoms with Crippen LogP contribution in [-0.4, -0.2) is 96.2 Å². The summed E-state index contributed by atoms with van der Waals surface area (Å²) in [6.45, 7) is -0.107. The second-order valence-electron chi connectivity index (χ2n) is 11.5. The Morgan fingerprint density at radius 1 is 0.915 bits per heavy atom. The van der Waals surface area contributed by atoms with Crippen LogP contribution in [0.2, 0.25) is 0 Å². The summed E-state index contributed by atoms with van der Waals surface area (Å²) < 4.78 is 33.7. The normalized spacial score (nSPS) is 27.4. The number of phenolic OH excluding ortho intramolecular Hbond substituents is 1. The first-order chi connectivity index (χ1) is 22.7. The van der Waals surface area contributed by atoms with Crippen LogP contribution < -0.4 is 14.2 Å². The van der Waals surface area contributed by atoms with E-state index in [1.165, 1.54) is 26.4 Å². The first-order valence-corrected chi connectivity index (χ1v) is 15.2. The summed E-state index contributed by atoms with van der Waals surface area (Å²) in [5.74, 6) is -0.0528. The van der Waals surface area contributed by atoms with Crippen molar-refractivity contribution in [1.82, 2.24) is 0 Å². The van der Waals surface area contributed by atoms with Gasteiger partial charge in [-0.3, -0.25) is 0 Å². The molecule has 12 nitrogen and oxygen atoms in total. The van der Waals surface area contributed by atoms with E-state index in [1.54, 1.807) is 30.3 Å². The molecule has 2 fully saturated rings. The number of benzene rings is 3. The molecule has 47 heavy (non-hydrogen) atoms. The first kappa shape index (κ1) is 34.2. The smallest absolute Gasteiger partial charge is 0.330 e. The van der Waals surface area contributed by atoms with Crippen LogP contribution in [0.3, 0.4) is 0 Å². The number of carbonyl (C=O) groups excluding carboxylic acids is 1. The summed E-state index contributed by atoms with van der Waals surface area (Å²) in [5, 5.41) is 51.9. The molecule has 252 valence electrons. The van der Waals surface area contributed by atoms with E-state index in [2.05, 4.69) is 0 Å². The molecule has 0 aliphatic carbocycles. The van der Waals surface area contributed by atoms with Gasteiger partial charge in [-0.2, -0.15) is 0 Å². The number of rotatable bonds is 12. The molecule has 0 unspecified atom stereocenters. The fourth-order valence-corrected chi connectivity index (χ4v) is 5.85. The van der Waals surface area contributed by atoms with E-state index in [0.717, 1.165) is 16.7 Å². The van der Waals surface area contributed by atoms with Crippen LogP contribution >= 0.6 is 0 Å². The molecule has 0 aromatic heterocycles. The summed E-state index contributed by atoms with van der Waals surface area (Å²) in [6, 6.07) is 19.3. The SMILES string of the molecule is COc1cc([C@H]2OC[C@H](Cc3ccc(O[C@@H]4O[C@H](COC(=O)C=Cc5ccccc5)[C@@H](O)[C@H](O)[C@H]4O)c(OC)c3)[C@@H]2CO)ccc1O. The molecule has 0 spiro atoms. The predicted octanol–water partition coefficient (Wildman–Crippen LogP) is 2.39. The van der Waals surface area contributed by atoms with Crippen molar-refractivity contribution in [1.29, 1.82) is 0 Å². The lowest BCUT2D eigenvalue weighted by atomic mass is 9.84. The number of hydrogen-bond donors (Lipinski definition) is 5. The number of aliphatic hydroxyl groups excluding tert-OH is 4. The molecule has 2 aliphatic heterocycles. The van der Waals surface area contributed by atoms with Crippen molar-refractivity contribution in [3.05, 3.63) is 89.5 Å². The minimum absolute atomic E-state index is 0.0171. The van der Waals surface area contributed by atoms with Crippen LogP contribution in [0.4, 0.5) is 0 Å². The van der Waals surface area contributed by atoms with E-state index in [0.29, 0.717) is 24.5 Å². The van der Waals surface area contributed by atoms with Crippen LogP contribution in [0.15, 0.2) is 72.8 Å². The monoisotopic (exact) mass is 652 g/mol. The van der Waals surface area contributed by atoms with Crippen LogP contribution in [0, 0.1) is 11.8 Å². The molecule has 0 saturated carbocycles. The Kier molecular flexibility index (Phi) is 11.4. The van der Waals surface area contributed by atoms with Gasteiger partial charge in [0, 0.05) is 18.6 Å². The average molecular weight is 653 g/mol. The minimum atomic E-state index is -1.64. The second-order valence-corrected chi connectivity index (χ2v) is 11.5. The second kappa shape index (κ2) is 15.6. The van der Waals surface area contributed by atoms with Crippen molar-refractivity contribution in [2.45, 2.75) is 43.2 Å². The first-order valence-electron chi connectivity index (χ1n) is 15.2. The summed E-state index contributed by atoms with van der Waals surface area (Å²) >= 11 is 0. The number of methoxy groups -OCH3 is 2. The molecule has 2 saturated heterocycles. The van der Waals surface area contributed by atoms with Gasteiger partial charge in [-0.1, -0.05) is 42.5 Å². The van der Waals surface area contributed by atoms with Gasteiger partial charge in [-0.25, -0.2) is 4.79 Å². The van der Waals surface area contributed by atoms with E-state index in [4.69, 9.17) is 28.4 Å². The van der Waals surface area contributed by atoms with Crippen LogP contribution in [0.5, 0.6) is 23.0 Å². The number of phenols is 1. The third kappa shape index (κ3) is 8.04. The number of aromatic hydroxyl groups is 1. The Balaban J connectivity index is 1.22. The molecule has 5 rings (SSSR count). The van der Waals surface area contributed by atoms with Gasteiger partial charge in [0.25, 0.3) is 0 Å². The molecule has 3 aromatic carbocycles. The van der Waals surface area contributed by atoms with Gasteiger partial charge in [-0.05, 0) is 59.4 Å². The number of ether oxygens (including phenoxy) is 6. The molecule has 2 heterocycles. The van der Waals surface area contributed by atoms with Gasteiger partial charge in [0.1, 0.15) is 31.0 Å². The quantitative estimate of drug-likeness (QED) is 0.143. The maximum atomic E-state index is 12.2. The molecular weight excluding hydrogens is 612 g/mol. The highest BCUT2D eigenvalue weighted by atomic mass is 16.7. The number of esters is 1. The van der Waals surface area contributed by atoms with Crippen molar-refractivity contribution in [3.63, 3.8) is 0 Å². The number of aliphatic hydroxyl groups is 4. The summed E-state index contributed by atoms with van der Waals surface area (Å²) in [4.78, 5) is 12.2. The van der Waals surface area contributed by atoms with E-state index >= 15 is 0 Å². The highest BCUT2D eigenvalue weighted by Crippen LogP contribution is 2.42. The van der Waals surface area contributed by atoms with Crippen LogP contribution in [0.25, 0.3) is 6.08 Å². The van der Waals surface area contributed by atoms with Gasteiger partial charge in [-0.15, -0.1) is 0 Å². The predicted molar refractivity (Wildman–Crippen MR) is 168 cm³/mol. The maximum absolute atomic E-state index is 12.2. The Bertz CT molecular complexity index is 1510. The van der Waals surface area contributed by atoms with Gasteiger partial charge in [0.15, 0.2) is 23.0 Å². The van der Waals surface area contributed by atoms with Crippen molar-refractivity contribution < 1.29 is 58.7 Å². The molecule has 0 amide bonds. The minimum Gasteiger partial charge on any atom is -0.504 e. The zero-order valence-corrected chi connectivity index (χ0v) is 26.0. The Morgan fingerprint density at radius 2 is 1.68 bits per heavy atom. The van der Waals surface area contributed by atoms with E-state index in [1.807, 2.05) is 36.4 Å². The molecule has 2 aliphatic rings. The Morgan fingerprint density at radius 3 is 2.40 bits per heavy atom. The molecule has 0 bridgehead atoms. The summed E-state index contributed by atoms with van der Waals surface area (Å²) in [5.41, 5.74) is 2.46. The zero-order valence-electron chi connectivity index (χ0n) is 26.0. The lowest BCUT2D eigenvalue weighted by molar-refractivity contribution is -0.278. The van der Waals surface area contributed by atoms with E-state index < -0.39 is 43.3 Å². The maximum Gasteiger partial charge on any atom is 0.330 e. The number of carbonyl (C=O) groups is 1. The topological polar surface area (TPSA) is 174 Å². The molecule has 5 N–H and O–H groups in total. The Hall–Kier alpha value is -4.17. The molecule has 3 aromatic rings. The summed E-state index contributed by atoms with van der Waals surface area (Å²) in [7, 11) is 2.92. The van der Waals surface area contributed by atoms with Gasteiger partial charge in [0.05, 0.1) is 26.9 Å². The lowest BCUT2D eigenvalue weighted by Gasteiger charge is -2.40. The average Bonchev–Trinajstić information content (AvgIpc) is 3.50. The van der Waals surface area contributed by atoms with Crippen molar-refractivity contribution in [3.8, 4) is 23.0 Å². The van der Waals surface area contributed by atoms with Crippen LogP contribution in [0.1, 0.15) is 22.8 Å². The molecular formula is C35H40O12. The highest BCUT2D eigenvalue weighted by molar-refractivity contribution is 5.87. The van der Waals surface area contributed by atoms with Gasteiger partial charge < -0.3 is 54.0 Å². The molecule has 0 radical (unpaired) electrons. The van der Waals surface area contributed by atoms with E-state index in [-0.39, 0.29) is 36.0 Å². The van der Waals surface area contributed by atoms with Crippen LogP contribution in [-0.2, 0) is 25.4 Å². The molecule has 8 atom stereocenters. The third-order valence-corrected chi connectivity index (χ3v) is 8.47. The van der Waals surface area contributed by atoms with Crippen molar-refractivity contribution in [2.24, 2.45) is 11.8 Å². The van der Waals surface area contributed by atoms with E-state index in [9.17, 15) is 30.3 Å². The highest BCUT2D eigenvalue weighted by Gasteiger charge is 2.46. The number of hydrogen-bond acceptors (Lipinski definition) is 12. The van der Waals surface area contributed by atoms with Crippen molar-refractivity contribution in [2.75, 3.05) is 34.0 Å². The Labute approximate surface area is 272 Å². The van der Waals surface area contributed by atoms with Crippen molar-refractivity contribution >= 4 is 12.0 Å². The largest absolute Gasteiger partial charge is 0.504 e. The fourth-order valence-electron chi connectivity index (χ4n) is 5.85. The zero-order chi connectivity index (χ0) is 33.5. The standard InChI is InChI=1S/C35H40O12/c1-42-27-16-22(10-11-25(27)37)34-24(17-36)23(18-45-34)14-21-8-12-26(28(15-21)43-2)46-35-33(41)32(40)31(39)29(47-35)19-44-30(38)13-9-20-6-4-3-5-7-20/h3-13,15-16,23-24,29,31-37,39-41H,14,17-19H2,1-2H3/t23-,24-,29+,31+,32-,33+,34+,35+/m0/s1. The summed E-state index contributed by atoms with van der Waals surface area (Å²) in [6.07, 6.45) is -4.41. The van der Waals surface area contributed by atoms with Gasteiger partial charge in [0.2, 0.25) is 6.29 Å². The molecule has 12 heteroatoms. The third-order valence-electron chi connectivity index (χ3n) is 8.47. The lowest BCUT2D eigenvalue weighted by Crippen LogP contribution is -2.60.